The van der Waals surface area contributed by atoms with Crippen LogP contribution >= 0.6 is 11.6 Å². The maximum absolute atomic E-state index is 13.0. The van der Waals surface area contributed by atoms with E-state index in [4.69, 9.17) is 16.7 Å². The molecule has 2 aromatic carbocycles. The summed E-state index contributed by atoms with van der Waals surface area (Å²) < 4.78 is 1.64. The van der Waals surface area contributed by atoms with Crippen LogP contribution in [0.5, 0.6) is 0 Å². The molecule has 0 radical (unpaired) electrons. The Morgan fingerprint density at radius 3 is 2.48 bits per heavy atom. The van der Waals surface area contributed by atoms with E-state index in [0.29, 0.717) is 22.9 Å². The number of benzene rings is 2. The van der Waals surface area contributed by atoms with Crippen molar-refractivity contribution in [2.75, 3.05) is 26.2 Å². The Morgan fingerprint density at radius 2 is 1.72 bits per heavy atom. The molecular formula is C23H25ClN4O. The summed E-state index contributed by atoms with van der Waals surface area (Å²) in [6.07, 6.45) is 3.80. The van der Waals surface area contributed by atoms with Gasteiger partial charge in [0.15, 0.2) is 0 Å². The first-order valence-corrected chi connectivity index (χ1v) is 10.5. The van der Waals surface area contributed by atoms with E-state index in [2.05, 4.69) is 10.2 Å². The number of likely N-dealkylation sites (tertiary alicyclic amines) is 1. The summed E-state index contributed by atoms with van der Waals surface area (Å²) in [5.41, 5.74) is 2.88. The van der Waals surface area contributed by atoms with Gasteiger partial charge in [-0.25, -0.2) is 4.68 Å². The zero-order chi connectivity index (χ0) is 20.1. The van der Waals surface area contributed by atoms with Crippen molar-refractivity contribution < 1.29 is 4.79 Å². The molecule has 29 heavy (non-hydrogen) atoms. The molecule has 0 spiro atoms. The predicted molar refractivity (Wildman–Crippen MR) is 117 cm³/mol. The van der Waals surface area contributed by atoms with Crippen LogP contribution in [0.1, 0.15) is 29.8 Å². The van der Waals surface area contributed by atoms with Gasteiger partial charge in [0, 0.05) is 18.7 Å². The molecule has 0 atom stereocenters. The van der Waals surface area contributed by atoms with E-state index >= 15 is 0 Å². The van der Waals surface area contributed by atoms with E-state index in [-0.39, 0.29) is 5.91 Å². The molecule has 1 aliphatic heterocycles. The van der Waals surface area contributed by atoms with Crippen molar-refractivity contribution in [3.05, 3.63) is 71.4 Å². The number of amides is 1. The second-order valence-electron chi connectivity index (χ2n) is 7.30. The average Bonchev–Trinajstić information content (AvgIpc) is 3.21. The lowest BCUT2D eigenvalue weighted by molar-refractivity contribution is 0.0939. The number of hydrogen-bond acceptors (Lipinski definition) is 3. The zero-order valence-electron chi connectivity index (χ0n) is 16.4. The Hall–Kier alpha value is -2.63. The first-order chi connectivity index (χ1) is 14.2. The zero-order valence-corrected chi connectivity index (χ0v) is 17.1. The van der Waals surface area contributed by atoms with Crippen molar-refractivity contribution >= 4 is 17.5 Å². The number of piperidine rings is 1. The lowest BCUT2D eigenvalue weighted by Crippen LogP contribution is -2.38. The Bertz CT molecular complexity index is 964. The minimum Gasteiger partial charge on any atom is -0.349 e. The highest BCUT2D eigenvalue weighted by Gasteiger charge is 2.19. The lowest BCUT2D eigenvalue weighted by Gasteiger charge is -2.26. The maximum atomic E-state index is 13.0. The van der Waals surface area contributed by atoms with Gasteiger partial charge >= 0.3 is 0 Å². The summed E-state index contributed by atoms with van der Waals surface area (Å²) in [6.45, 7) is 3.72. The third-order valence-corrected chi connectivity index (χ3v) is 5.57. The molecule has 1 fully saturated rings. The van der Waals surface area contributed by atoms with Gasteiger partial charge in [-0.05, 0) is 44.1 Å². The third kappa shape index (κ3) is 4.69. The van der Waals surface area contributed by atoms with Gasteiger partial charge in [-0.15, -0.1) is 0 Å². The van der Waals surface area contributed by atoms with Gasteiger partial charge in [0.1, 0.15) is 5.69 Å². The van der Waals surface area contributed by atoms with Crippen LogP contribution in [0.15, 0.2) is 60.7 Å². The van der Waals surface area contributed by atoms with Gasteiger partial charge in [-0.2, -0.15) is 5.10 Å². The predicted octanol–water partition coefficient (Wildman–Crippen LogP) is 4.41. The molecule has 1 amide bonds. The van der Waals surface area contributed by atoms with E-state index in [1.807, 2.05) is 54.6 Å². The topological polar surface area (TPSA) is 50.2 Å². The molecule has 0 aliphatic carbocycles. The third-order valence-electron chi connectivity index (χ3n) is 5.25. The number of nitrogens with zero attached hydrogens (tertiary/aromatic N) is 3. The molecular weight excluding hydrogens is 384 g/mol. The Balaban J connectivity index is 1.58. The van der Waals surface area contributed by atoms with E-state index in [1.165, 1.54) is 19.3 Å². The Kier molecular flexibility index (Phi) is 6.27. The molecule has 6 heteroatoms. The smallest absolute Gasteiger partial charge is 0.270 e. The van der Waals surface area contributed by atoms with Crippen LogP contribution in [0.25, 0.3) is 16.9 Å². The fourth-order valence-corrected chi connectivity index (χ4v) is 3.92. The van der Waals surface area contributed by atoms with Gasteiger partial charge in [0.2, 0.25) is 0 Å². The van der Waals surface area contributed by atoms with Crippen molar-refractivity contribution in [2.24, 2.45) is 0 Å². The standard InChI is InChI=1S/C23H25ClN4O/c24-19-11-5-6-12-21(19)28-22(17-20(26-28)18-9-3-1-4-10-18)23(29)25-13-16-27-14-7-2-8-15-27/h1,3-6,9-12,17H,2,7-8,13-16H2,(H,25,29). The molecule has 0 bridgehead atoms. The van der Waals surface area contributed by atoms with Crippen LogP contribution in [0.3, 0.4) is 0 Å². The highest BCUT2D eigenvalue weighted by molar-refractivity contribution is 6.32. The van der Waals surface area contributed by atoms with Gasteiger partial charge in [-0.1, -0.05) is 60.5 Å². The summed E-state index contributed by atoms with van der Waals surface area (Å²) in [7, 11) is 0. The van der Waals surface area contributed by atoms with Crippen LogP contribution in [0.2, 0.25) is 5.02 Å². The van der Waals surface area contributed by atoms with Crippen LogP contribution in [0.4, 0.5) is 0 Å². The number of rotatable bonds is 6. The molecule has 0 saturated carbocycles. The summed E-state index contributed by atoms with van der Waals surface area (Å²) in [4.78, 5) is 15.4. The number of para-hydroxylation sites is 1. The minimum atomic E-state index is -0.142. The molecule has 2 heterocycles. The fraction of sp³-hybridized carbons (Fsp3) is 0.304. The van der Waals surface area contributed by atoms with Crippen molar-refractivity contribution in [1.29, 1.82) is 0 Å². The molecule has 5 nitrogen and oxygen atoms in total. The summed E-state index contributed by atoms with van der Waals surface area (Å²) in [5, 5.41) is 8.30. The molecule has 1 saturated heterocycles. The molecule has 1 aromatic heterocycles. The maximum Gasteiger partial charge on any atom is 0.270 e. The van der Waals surface area contributed by atoms with Crippen molar-refractivity contribution in [3.63, 3.8) is 0 Å². The van der Waals surface area contributed by atoms with Gasteiger partial charge in [-0.3, -0.25) is 4.79 Å². The molecule has 150 valence electrons. The summed E-state index contributed by atoms with van der Waals surface area (Å²) in [5.74, 6) is -0.142. The first kappa shape index (κ1) is 19.7. The quantitative estimate of drug-likeness (QED) is 0.657. The monoisotopic (exact) mass is 408 g/mol. The number of halogens is 1. The van der Waals surface area contributed by atoms with Crippen molar-refractivity contribution in [3.8, 4) is 16.9 Å². The van der Waals surface area contributed by atoms with E-state index < -0.39 is 0 Å². The molecule has 1 N–H and O–H groups in total. The number of carbonyl (C=O) groups is 1. The van der Waals surface area contributed by atoms with Crippen LogP contribution < -0.4 is 5.32 Å². The SMILES string of the molecule is O=C(NCCN1CCCCC1)c1cc(-c2ccccc2)nn1-c1ccccc1Cl. The van der Waals surface area contributed by atoms with Crippen LogP contribution in [0, 0.1) is 0 Å². The van der Waals surface area contributed by atoms with E-state index in [0.717, 1.165) is 30.9 Å². The molecule has 3 aromatic rings. The largest absolute Gasteiger partial charge is 0.349 e. The van der Waals surface area contributed by atoms with E-state index in [9.17, 15) is 4.79 Å². The lowest BCUT2D eigenvalue weighted by atomic mass is 10.1. The van der Waals surface area contributed by atoms with Crippen LogP contribution in [-0.2, 0) is 0 Å². The van der Waals surface area contributed by atoms with Gasteiger partial charge in [0.25, 0.3) is 5.91 Å². The summed E-state index contributed by atoms with van der Waals surface area (Å²) >= 11 is 6.40. The molecule has 1 aliphatic rings. The number of nitrogens with one attached hydrogen (secondary N) is 1. The first-order valence-electron chi connectivity index (χ1n) is 10.1. The van der Waals surface area contributed by atoms with Crippen molar-refractivity contribution in [1.82, 2.24) is 20.0 Å². The van der Waals surface area contributed by atoms with Crippen LogP contribution in [-0.4, -0.2) is 46.8 Å². The van der Waals surface area contributed by atoms with Gasteiger partial charge < -0.3 is 10.2 Å². The Labute approximate surface area is 176 Å². The Morgan fingerprint density at radius 1 is 1.00 bits per heavy atom. The number of hydrogen-bond donors (Lipinski definition) is 1. The number of carbonyl (C=O) groups excluding carboxylic acids is 1. The number of aromatic nitrogens is 2. The minimum absolute atomic E-state index is 0.142. The summed E-state index contributed by atoms with van der Waals surface area (Å²) in [6, 6.07) is 19.1. The molecule has 4 rings (SSSR count). The highest BCUT2D eigenvalue weighted by Crippen LogP contribution is 2.25. The average molecular weight is 409 g/mol. The van der Waals surface area contributed by atoms with E-state index in [1.54, 1.807) is 10.7 Å². The second kappa shape index (κ2) is 9.25. The van der Waals surface area contributed by atoms with Gasteiger partial charge in [0.05, 0.1) is 16.4 Å². The fourth-order valence-electron chi connectivity index (χ4n) is 3.70. The highest BCUT2D eigenvalue weighted by atomic mass is 35.5. The van der Waals surface area contributed by atoms with Crippen molar-refractivity contribution in [2.45, 2.75) is 19.3 Å². The second-order valence-corrected chi connectivity index (χ2v) is 7.71. The molecule has 0 unspecified atom stereocenters. The normalized spacial score (nSPS) is 14.7.